The molecule has 0 radical (unpaired) electrons. The van der Waals surface area contributed by atoms with Gasteiger partial charge < -0.3 is 4.74 Å². The highest BCUT2D eigenvalue weighted by atomic mass is 19.4. The van der Waals surface area contributed by atoms with E-state index in [0.29, 0.717) is 0 Å². The summed E-state index contributed by atoms with van der Waals surface area (Å²) in [7, 11) is 0. The van der Waals surface area contributed by atoms with Crippen LogP contribution in [0.1, 0.15) is 13.8 Å². The molecule has 0 N–H and O–H groups in total. The number of halogens is 20. The first-order valence-electron chi connectivity index (χ1n) is 8.79. The van der Waals surface area contributed by atoms with Crippen LogP contribution in [0.4, 0.5) is 87.8 Å². The molecular weight excluding hydrogens is 604 g/mol. The van der Waals surface area contributed by atoms with Gasteiger partial charge in [0.1, 0.15) is 5.57 Å². The van der Waals surface area contributed by atoms with Crippen LogP contribution in [0.25, 0.3) is 0 Å². The van der Waals surface area contributed by atoms with Gasteiger partial charge in [0.15, 0.2) is 0 Å². The molecule has 0 spiro atoms. The number of esters is 1. The summed E-state index contributed by atoms with van der Waals surface area (Å²) < 4.78 is 273. The van der Waals surface area contributed by atoms with Gasteiger partial charge in [0.2, 0.25) is 0 Å². The second-order valence-corrected chi connectivity index (χ2v) is 7.29. The Morgan fingerprint density at radius 3 is 1.08 bits per heavy atom. The zero-order chi connectivity index (χ0) is 31.6. The van der Waals surface area contributed by atoms with E-state index < -0.39 is 84.3 Å². The molecule has 0 aromatic carbocycles. The molecule has 0 fully saturated rings. The molecule has 0 amide bonds. The van der Waals surface area contributed by atoms with Crippen molar-refractivity contribution in [2.45, 2.75) is 73.1 Å². The molecule has 0 rings (SSSR count). The Labute approximate surface area is 196 Å². The van der Waals surface area contributed by atoms with Crippen LogP contribution in [-0.2, 0) is 9.53 Å². The molecule has 0 aliphatic heterocycles. The Balaban J connectivity index is 7.12. The minimum Gasteiger partial charge on any atom is -0.462 e. The maximum Gasteiger partial charge on any atom is 0.428 e. The van der Waals surface area contributed by atoms with Gasteiger partial charge in [-0.05, 0) is 13.8 Å². The van der Waals surface area contributed by atoms with Gasteiger partial charge in [-0.25, -0.2) is 9.18 Å². The van der Waals surface area contributed by atoms with Crippen LogP contribution >= 0.6 is 0 Å². The smallest absolute Gasteiger partial charge is 0.428 e. The van der Waals surface area contributed by atoms with E-state index in [1.807, 2.05) is 0 Å². The minimum absolute atomic E-state index is 0.740. The zero-order valence-electron chi connectivity index (χ0n) is 17.8. The third kappa shape index (κ3) is 4.32. The minimum atomic E-state index is -9.08. The lowest BCUT2D eigenvalue weighted by molar-refractivity contribution is -0.462. The summed E-state index contributed by atoms with van der Waals surface area (Å²) in [5.74, 6) is -71.0. The first-order chi connectivity index (χ1) is 16.1. The van der Waals surface area contributed by atoms with E-state index in [1.165, 1.54) is 0 Å². The first kappa shape index (κ1) is 35.8. The fraction of sp³-hybridized carbons (Fsp3) is 0.812. The first-order valence-corrected chi connectivity index (χ1v) is 8.79. The van der Waals surface area contributed by atoms with E-state index in [4.69, 9.17) is 0 Å². The lowest BCUT2D eigenvalue weighted by atomic mass is 9.83. The average Bonchev–Trinajstić information content (AvgIpc) is 2.71. The Morgan fingerprint density at radius 2 is 0.816 bits per heavy atom. The maximum atomic E-state index is 13.8. The van der Waals surface area contributed by atoms with Gasteiger partial charge in [0.05, 0.1) is 6.61 Å². The van der Waals surface area contributed by atoms with Crippen LogP contribution < -0.4 is 0 Å². The number of hydrogen-bond donors (Lipinski definition) is 0. The molecule has 226 valence electrons. The Morgan fingerprint density at radius 1 is 0.553 bits per heavy atom. The Hall–Kier alpha value is -2.19. The molecule has 0 bridgehead atoms. The Bertz CT molecular complexity index is 912. The summed E-state index contributed by atoms with van der Waals surface area (Å²) in [5, 5.41) is 0. The second-order valence-electron chi connectivity index (χ2n) is 7.29. The normalized spacial score (nSPS) is 17.2. The molecule has 0 aromatic heterocycles. The van der Waals surface area contributed by atoms with E-state index in [0.717, 1.165) is 6.92 Å². The standard InChI is InChI=1S/C16H10F20O2/c1-4-38-6(37)5(2)8(18,19)10(22,23)12(26,27)14(30,31)15(32,33)13(28,29)11(24,25)9(20,21)7(3,17)16(34,35)36/h2,4H2,1,3H3. The molecule has 0 aliphatic rings. The highest BCUT2D eigenvalue weighted by Crippen LogP contribution is 2.66. The van der Waals surface area contributed by atoms with E-state index in [-0.39, 0.29) is 0 Å². The van der Waals surface area contributed by atoms with Crippen molar-refractivity contribution in [2.24, 2.45) is 0 Å². The van der Waals surface area contributed by atoms with Crippen molar-refractivity contribution < 1.29 is 97.3 Å². The molecule has 22 heteroatoms. The van der Waals surface area contributed by atoms with Crippen LogP contribution in [0.2, 0.25) is 0 Å². The summed E-state index contributed by atoms with van der Waals surface area (Å²) in [6, 6.07) is 0. The monoisotopic (exact) mass is 614 g/mol. The fourth-order valence-electron chi connectivity index (χ4n) is 2.19. The quantitative estimate of drug-likeness (QED) is 0.137. The second kappa shape index (κ2) is 9.19. The number of carbonyl (C=O) groups is 1. The molecule has 0 heterocycles. The molecule has 0 saturated carbocycles. The predicted octanol–water partition coefficient (Wildman–Crippen LogP) is 7.48. The summed E-state index contributed by atoms with van der Waals surface area (Å²) in [6.45, 7) is -0.240. The third-order valence-electron chi connectivity index (χ3n) is 4.78. The van der Waals surface area contributed by atoms with Crippen molar-refractivity contribution in [3.63, 3.8) is 0 Å². The molecule has 0 saturated heterocycles. The lowest BCUT2D eigenvalue weighted by Crippen LogP contribution is -2.77. The third-order valence-corrected chi connectivity index (χ3v) is 4.78. The molecule has 1 atom stereocenters. The number of hydrogen-bond acceptors (Lipinski definition) is 2. The van der Waals surface area contributed by atoms with Gasteiger partial charge in [-0.15, -0.1) is 0 Å². The summed E-state index contributed by atoms with van der Waals surface area (Å²) >= 11 is 0. The van der Waals surface area contributed by atoms with Crippen LogP contribution in [0.15, 0.2) is 12.2 Å². The van der Waals surface area contributed by atoms with E-state index in [9.17, 15) is 92.6 Å². The van der Waals surface area contributed by atoms with Gasteiger partial charge in [-0.2, -0.15) is 83.4 Å². The van der Waals surface area contributed by atoms with Gasteiger partial charge in [0.25, 0.3) is 5.67 Å². The molecular formula is C16H10F20O2. The van der Waals surface area contributed by atoms with E-state index in [2.05, 4.69) is 4.74 Å². The van der Waals surface area contributed by atoms with Crippen molar-refractivity contribution in [3.8, 4) is 0 Å². The van der Waals surface area contributed by atoms with Crippen LogP contribution in [0.3, 0.4) is 0 Å². The average molecular weight is 614 g/mol. The Kier molecular flexibility index (Phi) is 8.66. The topological polar surface area (TPSA) is 26.3 Å². The van der Waals surface area contributed by atoms with Gasteiger partial charge in [-0.1, -0.05) is 6.58 Å². The highest BCUT2D eigenvalue weighted by molar-refractivity contribution is 5.89. The summed E-state index contributed by atoms with van der Waals surface area (Å²) in [4.78, 5) is 11.0. The largest absolute Gasteiger partial charge is 0.462 e. The number of ether oxygens (including phenoxy) is 1. The summed E-state index contributed by atoms with van der Waals surface area (Å²) in [6.07, 6.45) is -7.37. The molecule has 0 aromatic rings. The molecule has 1 unspecified atom stereocenters. The number of rotatable bonds is 11. The number of alkyl halides is 20. The predicted molar refractivity (Wildman–Crippen MR) is 80.9 cm³/mol. The molecule has 38 heavy (non-hydrogen) atoms. The van der Waals surface area contributed by atoms with Crippen molar-refractivity contribution >= 4 is 5.97 Å². The SMILES string of the molecule is C=C(C(=O)OCC)C(F)(F)C(F)(F)C(F)(F)C(F)(F)C(F)(F)C(F)(F)C(F)(F)C(F)(F)C(C)(F)C(F)(F)F. The van der Waals surface area contributed by atoms with Crippen molar-refractivity contribution in [1.29, 1.82) is 0 Å². The molecule has 2 nitrogen and oxygen atoms in total. The van der Waals surface area contributed by atoms with E-state index >= 15 is 0 Å². The van der Waals surface area contributed by atoms with Crippen molar-refractivity contribution in [3.05, 3.63) is 12.2 Å². The maximum absolute atomic E-state index is 13.8. The van der Waals surface area contributed by atoms with Crippen molar-refractivity contribution in [1.82, 2.24) is 0 Å². The summed E-state index contributed by atoms with van der Waals surface area (Å²) in [5.41, 5.74) is -10.2. The lowest BCUT2D eigenvalue weighted by Gasteiger charge is -2.45. The van der Waals surface area contributed by atoms with Crippen LogP contribution in [-0.4, -0.2) is 71.8 Å². The van der Waals surface area contributed by atoms with Gasteiger partial charge in [0, 0.05) is 0 Å². The molecule has 0 aliphatic carbocycles. The van der Waals surface area contributed by atoms with Gasteiger partial charge in [-0.3, -0.25) is 0 Å². The van der Waals surface area contributed by atoms with Crippen LogP contribution in [0, 0.1) is 0 Å². The van der Waals surface area contributed by atoms with Crippen molar-refractivity contribution in [2.75, 3.05) is 6.61 Å². The number of carbonyl (C=O) groups excluding carboxylic acids is 1. The van der Waals surface area contributed by atoms with Gasteiger partial charge >= 0.3 is 59.5 Å². The van der Waals surface area contributed by atoms with Crippen LogP contribution in [0.5, 0.6) is 0 Å². The zero-order valence-corrected chi connectivity index (χ0v) is 17.8. The van der Waals surface area contributed by atoms with E-state index in [1.54, 1.807) is 6.58 Å². The highest BCUT2D eigenvalue weighted by Gasteiger charge is 2.97. The fourth-order valence-corrected chi connectivity index (χ4v) is 2.19.